The van der Waals surface area contributed by atoms with E-state index in [1.807, 2.05) is 0 Å². The third kappa shape index (κ3) is 3.17. The molecule has 0 aliphatic heterocycles. The fourth-order valence-corrected chi connectivity index (χ4v) is 1.93. The summed E-state index contributed by atoms with van der Waals surface area (Å²) in [5.41, 5.74) is 6.90. The average Bonchev–Trinajstić information content (AvgIpc) is 2.27. The van der Waals surface area contributed by atoms with Crippen LogP contribution < -0.4 is 5.73 Å². The van der Waals surface area contributed by atoms with E-state index in [-0.39, 0.29) is 6.61 Å². The second kappa shape index (κ2) is 5.98. The SMILES string of the molecule is CCOC(=O)C(F)[C@@H](N)c1c(C)cccc1Cl. The van der Waals surface area contributed by atoms with Gasteiger partial charge >= 0.3 is 5.97 Å². The summed E-state index contributed by atoms with van der Waals surface area (Å²) in [5.74, 6) is -0.959. The van der Waals surface area contributed by atoms with E-state index in [2.05, 4.69) is 4.74 Å². The lowest BCUT2D eigenvalue weighted by molar-refractivity contribution is -0.149. The molecule has 0 aliphatic carbocycles. The topological polar surface area (TPSA) is 52.3 Å². The van der Waals surface area contributed by atoms with Crippen LogP contribution in [0.15, 0.2) is 18.2 Å². The Balaban J connectivity index is 2.96. The molecule has 0 radical (unpaired) electrons. The van der Waals surface area contributed by atoms with Crippen molar-refractivity contribution in [2.75, 3.05) is 6.61 Å². The van der Waals surface area contributed by atoms with Gasteiger partial charge in [-0.1, -0.05) is 23.7 Å². The number of aryl methyl sites for hydroxylation is 1. The van der Waals surface area contributed by atoms with Crippen molar-refractivity contribution in [3.63, 3.8) is 0 Å². The minimum absolute atomic E-state index is 0.119. The predicted octanol–water partition coefficient (Wildman–Crippen LogP) is 2.55. The molecular formula is C12H15ClFNO2. The highest BCUT2D eigenvalue weighted by Crippen LogP contribution is 2.28. The molecule has 1 aromatic rings. The normalized spacial score (nSPS) is 14.2. The van der Waals surface area contributed by atoms with Crippen LogP contribution in [0.1, 0.15) is 24.1 Å². The Morgan fingerprint density at radius 3 is 2.76 bits per heavy atom. The van der Waals surface area contributed by atoms with E-state index in [1.165, 1.54) is 0 Å². The molecule has 3 nitrogen and oxygen atoms in total. The minimum atomic E-state index is -1.91. The maximum atomic E-state index is 13.8. The summed E-state index contributed by atoms with van der Waals surface area (Å²) < 4.78 is 18.4. The smallest absolute Gasteiger partial charge is 0.342 e. The summed E-state index contributed by atoms with van der Waals surface area (Å²) in [5, 5.41) is 0.351. The molecule has 5 heteroatoms. The van der Waals surface area contributed by atoms with Crippen molar-refractivity contribution >= 4 is 17.6 Å². The van der Waals surface area contributed by atoms with Gasteiger partial charge in [0, 0.05) is 5.02 Å². The van der Waals surface area contributed by atoms with Gasteiger partial charge < -0.3 is 10.5 Å². The third-order valence-corrected chi connectivity index (χ3v) is 2.76. The molecule has 1 unspecified atom stereocenters. The standard InChI is InChI=1S/C12H15ClFNO2/c1-3-17-12(16)10(14)11(15)9-7(2)5-4-6-8(9)13/h4-6,10-11H,3,15H2,1-2H3/t10?,11-/m0/s1. The molecule has 0 amide bonds. The monoisotopic (exact) mass is 259 g/mol. The molecule has 17 heavy (non-hydrogen) atoms. The molecule has 0 heterocycles. The molecular weight excluding hydrogens is 245 g/mol. The molecule has 0 saturated heterocycles. The van der Waals surface area contributed by atoms with Gasteiger partial charge in [0.2, 0.25) is 6.17 Å². The Labute approximate surface area is 105 Å². The van der Waals surface area contributed by atoms with E-state index in [9.17, 15) is 9.18 Å². The number of carbonyl (C=O) groups excluding carboxylic acids is 1. The molecule has 2 N–H and O–H groups in total. The van der Waals surface area contributed by atoms with Crippen LogP contribution in [-0.2, 0) is 9.53 Å². The van der Waals surface area contributed by atoms with Crippen molar-refractivity contribution in [1.29, 1.82) is 0 Å². The number of hydrogen-bond donors (Lipinski definition) is 1. The second-order valence-electron chi connectivity index (χ2n) is 3.65. The van der Waals surface area contributed by atoms with Crippen molar-refractivity contribution in [2.45, 2.75) is 26.1 Å². The number of alkyl halides is 1. The zero-order valence-electron chi connectivity index (χ0n) is 9.74. The number of benzene rings is 1. The molecule has 0 aromatic heterocycles. The van der Waals surface area contributed by atoms with Crippen molar-refractivity contribution in [1.82, 2.24) is 0 Å². The van der Waals surface area contributed by atoms with Crippen molar-refractivity contribution in [2.24, 2.45) is 5.73 Å². The highest BCUT2D eigenvalue weighted by molar-refractivity contribution is 6.31. The van der Waals surface area contributed by atoms with Crippen molar-refractivity contribution < 1.29 is 13.9 Å². The number of rotatable bonds is 4. The Bertz CT molecular complexity index is 391. The van der Waals surface area contributed by atoms with Crippen LogP contribution in [0, 0.1) is 6.92 Å². The summed E-state index contributed by atoms with van der Waals surface area (Å²) in [6.45, 7) is 3.49. The van der Waals surface area contributed by atoms with E-state index in [4.69, 9.17) is 17.3 Å². The van der Waals surface area contributed by atoms with E-state index in [0.29, 0.717) is 10.6 Å². The molecule has 2 atom stereocenters. The van der Waals surface area contributed by atoms with Gasteiger partial charge in [-0.15, -0.1) is 0 Å². The van der Waals surface area contributed by atoms with Crippen LogP contribution in [0.5, 0.6) is 0 Å². The van der Waals surface area contributed by atoms with E-state index >= 15 is 0 Å². The van der Waals surface area contributed by atoms with Crippen molar-refractivity contribution in [3.8, 4) is 0 Å². The van der Waals surface area contributed by atoms with Crippen molar-refractivity contribution in [3.05, 3.63) is 34.3 Å². The first kappa shape index (κ1) is 13.9. The summed E-state index contributed by atoms with van der Waals surface area (Å²) in [6.07, 6.45) is -1.91. The zero-order chi connectivity index (χ0) is 13.0. The summed E-state index contributed by atoms with van der Waals surface area (Å²) >= 11 is 5.95. The van der Waals surface area contributed by atoms with Crippen LogP contribution in [0.4, 0.5) is 4.39 Å². The molecule has 1 aromatic carbocycles. The first-order chi connectivity index (χ1) is 7.99. The summed E-state index contributed by atoms with van der Waals surface area (Å²) in [4.78, 5) is 11.3. The Morgan fingerprint density at radius 1 is 1.59 bits per heavy atom. The molecule has 0 fully saturated rings. The maximum absolute atomic E-state index is 13.8. The highest BCUT2D eigenvalue weighted by Gasteiger charge is 2.29. The number of esters is 1. The van der Waals surface area contributed by atoms with Crippen LogP contribution in [-0.4, -0.2) is 18.7 Å². The maximum Gasteiger partial charge on any atom is 0.342 e. The molecule has 1 rings (SSSR count). The van der Waals surface area contributed by atoms with Gasteiger partial charge in [-0.2, -0.15) is 0 Å². The van der Waals surface area contributed by atoms with Gasteiger partial charge in [0.05, 0.1) is 12.6 Å². The average molecular weight is 260 g/mol. The first-order valence-electron chi connectivity index (χ1n) is 5.30. The van der Waals surface area contributed by atoms with E-state index in [0.717, 1.165) is 5.56 Å². The van der Waals surface area contributed by atoms with Gasteiger partial charge in [0.25, 0.3) is 0 Å². The number of carbonyl (C=O) groups is 1. The van der Waals surface area contributed by atoms with Gasteiger partial charge in [-0.05, 0) is 31.0 Å². The quantitative estimate of drug-likeness (QED) is 0.846. The van der Waals surface area contributed by atoms with Gasteiger partial charge in [0.1, 0.15) is 0 Å². The Morgan fingerprint density at radius 2 is 2.24 bits per heavy atom. The molecule has 94 valence electrons. The summed E-state index contributed by atoms with van der Waals surface area (Å²) in [6, 6.07) is 4.01. The molecule has 0 saturated carbocycles. The predicted molar refractivity (Wildman–Crippen MR) is 64.6 cm³/mol. The highest BCUT2D eigenvalue weighted by atomic mass is 35.5. The first-order valence-corrected chi connectivity index (χ1v) is 5.68. The number of ether oxygens (including phenoxy) is 1. The van der Waals surface area contributed by atoms with Crippen LogP contribution in [0.2, 0.25) is 5.02 Å². The largest absolute Gasteiger partial charge is 0.464 e. The Kier molecular flexibility index (Phi) is 4.90. The van der Waals surface area contributed by atoms with Crippen LogP contribution in [0.25, 0.3) is 0 Å². The second-order valence-corrected chi connectivity index (χ2v) is 4.06. The fourth-order valence-electron chi connectivity index (χ4n) is 1.58. The van der Waals surface area contributed by atoms with Gasteiger partial charge in [-0.25, -0.2) is 9.18 Å². The third-order valence-electron chi connectivity index (χ3n) is 2.43. The lowest BCUT2D eigenvalue weighted by Crippen LogP contribution is -2.32. The molecule has 0 aliphatic rings. The lowest BCUT2D eigenvalue weighted by atomic mass is 9.98. The van der Waals surface area contributed by atoms with E-state index in [1.54, 1.807) is 32.0 Å². The molecule has 0 spiro atoms. The van der Waals surface area contributed by atoms with Crippen LogP contribution >= 0.6 is 11.6 Å². The molecule has 0 bridgehead atoms. The van der Waals surface area contributed by atoms with Gasteiger partial charge in [0.15, 0.2) is 0 Å². The van der Waals surface area contributed by atoms with E-state index < -0.39 is 18.2 Å². The minimum Gasteiger partial charge on any atom is -0.464 e. The Hall–Kier alpha value is -1.13. The lowest BCUT2D eigenvalue weighted by Gasteiger charge is -2.19. The summed E-state index contributed by atoms with van der Waals surface area (Å²) in [7, 11) is 0. The zero-order valence-corrected chi connectivity index (χ0v) is 10.5. The number of halogens is 2. The van der Waals surface area contributed by atoms with Gasteiger partial charge in [-0.3, -0.25) is 0 Å². The fraction of sp³-hybridized carbons (Fsp3) is 0.417. The number of nitrogens with two attached hydrogens (primary N) is 1. The van der Waals surface area contributed by atoms with Crippen LogP contribution in [0.3, 0.4) is 0 Å². The number of hydrogen-bond acceptors (Lipinski definition) is 3.